The lowest BCUT2D eigenvalue weighted by molar-refractivity contribution is -0.125. The monoisotopic (exact) mass is 451 g/mol. The van der Waals surface area contributed by atoms with E-state index in [-0.39, 0.29) is 11.8 Å². The maximum absolute atomic E-state index is 12.1. The molecule has 1 amide bonds. The van der Waals surface area contributed by atoms with E-state index < -0.39 is 0 Å². The molecule has 1 heterocycles. The number of aromatic nitrogens is 2. The van der Waals surface area contributed by atoms with E-state index >= 15 is 0 Å². The van der Waals surface area contributed by atoms with Gasteiger partial charge in [-0.2, -0.15) is 0 Å². The maximum atomic E-state index is 12.1. The molecule has 0 atom stereocenters. The van der Waals surface area contributed by atoms with E-state index in [0.717, 1.165) is 80.0 Å². The Balaban J connectivity index is 1.51. The fourth-order valence-electron chi connectivity index (χ4n) is 4.11. The van der Waals surface area contributed by atoms with Crippen LogP contribution in [0.1, 0.15) is 51.8 Å². The standard InChI is InChI=1S/C27H37N3O3/c1-4-21(5-2)27(31)28-17-10-6-7-16-26-29-24-14-8-9-15-25(24)30(26)18-19-33-23-13-11-12-22(20-23)32-3/h8-9,11-15,20-21H,4-7,10,16-19H2,1-3H3,(H,28,31). The molecule has 1 aromatic heterocycles. The van der Waals surface area contributed by atoms with Crippen molar-refractivity contribution in [2.45, 2.75) is 58.9 Å². The van der Waals surface area contributed by atoms with Crippen molar-refractivity contribution in [3.8, 4) is 11.5 Å². The minimum Gasteiger partial charge on any atom is -0.497 e. The first kappa shape index (κ1) is 24.6. The lowest BCUT2D eigenvalue weighted by Crippen LogP contribution is -2.30. The van der Waals surface area contributed by atoms with Crippen LogP contribution in [0, 0.1) is 5.92 Å². The fourth-order valence-corrected chi connectivity index (χ4v) is 4.11. The first-order valence-corrected chi connectivity index (χ1v) is 12.1. The van der Waals surface area contributed by atoms with Crippen LogP contribution in [0.2, 0.25) is 0 Å². The third kappa shape index (κ3) is 6.98. The highest BCUT2D eigenvalue weighted by Crippen LogP contribution is 2.21. The van der Waals surface area contributed by atoms with Crippen LogP contribution in [0.5, 0.6) is 11.5 Å². The molecule has 6 nitrogen and oxygen atoms in total. The normalized spacial score (nSPS) is 11.2. The van der Waals surface area contributed by atoms with Crippen LogP contribution in [0.4, 0.5) is 0 Å². The Bertz CT molecular complexity index is 1010. The van der Waals surface area contributed by atoms with Crippen LogP contribution < -0.4 is 14.8 Å². The smallest absolute Gasteiger partial charge is 0.223 e. The molecule has 0 saturated carbocycles. The molecule has 0 aliphatic heterocycles. The molecule has 0 aliphatic rings. The van der Waals surface area contributed by atoms with Gasteiger partial charge in [-0.1, -0.05) is 38.5 Å². The Morgan fingerprint density at radius 1 is 1.03 bits per heavy atom. The SMILES string of the molecule is CCC(CC)C(=O)NCCCCCc1nc2ccccc2n1CCOc1cccc(OC)c1. The number of fused-ring (bicyclic) bond motifs is 1. The molecular formula is C27H37N3O3. The molecule has 0 fully saturated rings. The van der Waals surface area contributed by atoms with E-state index in [4.69, 9.17) is 14.5 Å². The molecule has 178 valence electrons. The van der Waals surface area contributed by atoms with Crippen LogP contribution in [-0.2, 0) is 17.8 Å². The number of benzene rings is 2. The zero-order valence-electron chi connectivity index (χ0n) is 20.2. The third-order valence-corrected chi connectivity index (χ3v) is 6.09. The van der Waals surface area contributed by atoms with E-state index in [1.165, 1.54) is 0 Å². The van der Waals surface area contributed by atoms with E-state index in [2.05, 4.69) is 41.9 Å². The number of rotatable bonds is 14. The number of para-hydroxylation sites is 2. The summed E-state index contributed by atoms with van der Waals surface area (Å²) in [6.45, 7) is 6.18. The van der Waals surface area contributed by atoms with Crippen LogP contribution in [0.15, 0.2) is 48.5 Å². The van der Waals surface area contributed by atoms with Gasteiger partial charge in [-0.3, -0.25) is 4.79 Å². The number of unbranched alkanes of at least 4 members (excludes halogenated alkanes) is 2. The van der Waals surface area contributed by atoms with Crippen molar-refractivity contribution in [1.82, 2.24) is 14.9 Å². The minimum atomic E-state index is 0.143. The average molecular weight is 452 g/mol. The summed E-state index contributed by atoms with van der Waals surface area (Å²) < 4.78 is 13.5. The van der Waals surface area contributed by atoms with Crippen molar-refractivity contribution in [2.75, 3.05) is 20.3 Å². The van der Waals surface area contributed by atoms with Crippen molar-refractivity contribution in [3.05, 3.63) is 54.4 Å². The Hall–Kier alpha value is -3.02. The number of carbonyl (C=O) groups excluding carboxylic acids is 1. The van der Waals surface area contributed by atoms with Crippen LogP contribution in [0.3, 0.4) is 0 Å². The van der Waals surface area contributed by atoms with Gasteiger partial charge in [0.05, 0.1) is 24.7 Å². The second-order valence-electron chi connectivity index (χ2n) is 8.31. The minimum absolute atomic E-state index is 0.143. The number of carbonyl (C=O) groups is 1. The highest BCUT2D eigenvalue weighted by atomic mass is 16.5. The molecule has 2 aromatic carbocycles. The molecule has 0 bridgehead atoms. The zero-order chi connectivity index (χ0) is 23.5. The highest BCUT2D eigenvalue weighted by molar-refractivity contribution is 5.78. The number of ether oxygens (including phenoxy) is 2. The summed E-state index contributed by atoms with van der Waals surface area (Å²) >= 11 is 0. The summed E-state index contributed by atoms with van der Waals surface area (Å²) in [6.07, 6.45) is 5.81. The second kappa shape index (κ2) is 12.9. The third-order valence-electron chi connectivity index (χ3n) is 6.09. The Labute approximate surface area is 197 Å². The number of hydrogen-bond donors (Lipinski definition) is 1. The van der Waals surface area contributed by atoms with Crippen molar-refractivity contribution >= 4 is 16.9 Å². The summed E-state index contributed by atoms with van der Waals surface area (Å²) in [7, 11) is 1.66. The summed E-state index contributed by atoms with van der Waals surface area (Å²) in [4.78, 5) is 17.0. The van der Waals surface area contributed by atoms with Gasteiger partial charge in [-0.25, -0.2) is 4.98 Å². The number of nitrogens with zero attached hydrogens (tertiary/aromatic N) is 2. The largest absolute Gasteiger partial charge is 0.497 e. The molecule has 3 rings (SSSR count). The molecule has 0 spiro atoms. The second-order valence-corrected chi connectivity index (χ2v) is 8.31. The summed E-state index contributed by atoms with van der Waals surface area (Å²) in [5.41, 5.74) is 2.16. The zero-order valence-corrected chi connectivity index (χ0v) is 20.2. The number of nitrogens with one attached hydrogen (secondary N) is 1. The summed E-state index contributed by atoms with van der Waals surface area (Å²) in [5, 5.41) is 3.08. The van der Waals surface area contributed by atoms with Gasteiger partial charge >= 0.3 is 0 Å². The molecule has 3 aromatic rings. The summed E-state index contributed by atoms with van der Waals surface area (Å²) in [5.74, 6) is 3.02. The molecular weight excluding hydrogens is 414 g/mol. The van der Waals surface area contributed by atoms with Gasteiger partial charge in [0.25, 0.3) is 0 Å². The van der Waals surface area contributed by atoms with E-state index in [1.54, 1.807) is 7.11 Å². The van der Waals surface area contributed by atoms with E-state index in [1.807, 2.05) is 30.3 Å². The quantitative estimate of drug-likeness (QED) is 0.334. The van der Waals surface area contributed by atoms with Crippen molar-refractivity contribution in [1.29, 1.82) is 0 Å². The maximum Gasteiger partial charge on any atom is 0.223 e. The molecule has 0 radical (unpaired) electrons. The van der Waals surface area contributed by atoms with Gasteiger partial charge in [0.1, 0.15) is 23.9 Å². The van der Waals surface area contributed by atoms with Crippen LogP contribution in [0.25, 0.3) is 11.0 Å². The Morgan fingerprint density at radius 2 is 1.82 bits per heavy atom. The van der Waals surface area contributed by atoms with E-state index in [0.29, 0.717) is 6.61 Å². The Kier molecular flexibility index (Phi) is 9.60. The lowest BCUT2D eigenvalue weighted by Gasteiger charge is -2.13. The number of methoxy groups -OCH3 is 1. The average Bonchev–Trinajstić information content (AvgIpc) is 3.19. The first-order valence-electron chi connectivity index (χ1n) is 12.1. The number of imidazole rings is 1. The predicted octanol–water partition coefficient (Wildman–Crippen LogP) is 5.39. The number of aryl methyl sites for hydroxylation is 1. The molecule has 0 unspecified atom stereocenters. The molecule has 0 saturated heterocycles. The Morgan fingerprint density at radius 3 is 2.61 bits per heavy atom. The first-order chi connectivity index (χ1) is 16.2. The van der Waals surface area contributed by atoms with Crippen molar-refractivity contribution < 1.29 is 14.3 Å². The molecule has 1 N–H and O–H groups in total. The number of amides is 1. The predicted molar refractivity (Wildman–Crippen MR) is 133 cm³/mol. The van der Waals surface area contributed by atoms with Crippen LogP contribution >= 0.6 is 0 Å². The van der Waals surface area contributed by atoms with Crippen molar-refractivity contribution in [2.24, 2.45) is 5.92 Å². The molecule has 0 aliphatic carbocycles. The van der Waals surface area contributed by atoms with Gasteiger partial charge in [-0.05, 0) is 49.9 Å². The summed E-state index contributed by atoms with van der Waals surface area (Å²) in [6, 6.07) is 15.9. The van der Waals surface area contributed by atoms with Crippen LogP contribution in [-0.4, -0.2) is 35.7 Å². The van der Waals surface area contributed by atoms with E-state index in [9.17, 15) is 4.79 Å². The lowest BCUT2D eigenvalue weighted by atomic mass is 10.0. The van der Waals surface area contributed by atoms with Gasteiger partial charge in [0, 0.05) is 24.9 Å². The molecule has 33 heavy (non-hydrogen) atoms. The van der Waals surface area contributed by atoms with Crippen molar-refractivity contribution in [3.63, 3.8) is 0 Å². The van der Waals surface area contributed by atoms with Gasteiger partial charge in [-0.15, -0.1) is 0 Å². The van der Waals surface area contributed by atoms with Gasteiger partial charge in [0.2, 0.25) is 5.91 Å². The number of hydrogen-bond acceptors (Lipinski definition) is 4. The fraction of sp³-hybridized carbons (Fsp3) is 0.481. The molecule has 6 heteroatoms. The highest BCUT2D eigenvalue weighted by Gasteiger charge is 2.13. The van der Waals surface area contributed by atoms with Gasteiger partial charge in [0.15, 0.2) is 0 Å². The van der Waals surface area contributed by atoms with Gasteiger partial charge < -0.3 is 19.4 Å². The topological polar surface area (TPSA) is 65.4 Å².